The standard InChI is InChI=1S/C25H27N5O3/c31-23(19-13-27-20-5-4-9-26-22(19)20)29-12-8-18-16(14-29)15-30(17-6-7-17)25(33)21(18)24(32)28-10-2-1-3-11-28/h4-5,9,13,15,17,27H,1-3,6-8,10-12,14H2. The predicted octanol–water partition coefficient (Wildman–Crippen LogP) is 2.88. The van der Waals surface area contributed by atoms with E-state index in [0.717, 1.165) is 48.7 Å². The van der Waals surface area contributed by atoms with Crippen LogP contribution in [-0.4, -0.2) is 55.8 Å². The summed E-state index contributed by atoms with van der Waals surface area (Å²) in [5.41, 5.74) is 3.96. The molecule has 6 rings (SSSR count). The minimum Gasteiger partial charge on any atom is -0.359 e. The normalized spacial score (nSPS) is 18.4. The first-order valence-corrected chi connectivity index (χ1v) is 11.9. The molecule has 170 valence electrons. The number of carbonyl (C=O) groups excluding carboxylic acids is 2. The molecule has 3 aromatic rings. The van der Waals surface area contributed by atoms with Gasteiger partial charge in [0.15, 0.2) is 0 Å². The van der Waals surface area contributed by atoms with E-state index in [1.807, 2.05) is 23.2 Å². The van der Waals surface area contributed by atoms with Crippen LogP contribution in [0.15, 0.2) is 35.5 Å². The summed E-state index contributed by atoms with van der Waals surface area (Å²) in [6, 6.07) is 3.90. The number of nitrogens with one attached hydrogen (secondary N) is 1. The van der Waals surface area contributed by atoms with Crippen LogP contribution in [0.5, 0.6) is 0 Å². The fourth-order valence-electron chi connectivity index (χ4n) is 5.24. The molecule has 0 aromatic carbocycles. The molecule has 5 heterocycles. The number of fused-ring (bicyclic) bond motifs is 2. The van der Waals surface area contributed by atoms with E-state index in [9.17, 15) is 14.4 Å². The minimum atomic E-state index is -0.160. The summed E-state index contributed by atoms with van der Waals surface area (Å²) in [4.78, 5) is 51.3. The molecule has 8 nitrogen and oxygen atoms in total. The summed E-state index contributed by atoms with van der Waals surface area (Å²) in [5, 5.41) is 0. The highest BCUT2D eigenvalue weighted by Crippen LogP contribution is 2.35. The van der Waals surface area contributed by atoms with Crippen molar-refractivity contribution in [3.63, 3.8) is 0 Å². The van der Waals surface area contributed by atoms with Crippen molar-refractivity contribution in [2.24, 2.45) is 0 Å². The van der Waals surface area contributed by atoms with Gasteiger partial charge in [-0.15, -0.1) is 0 Å². The van der Waals surface area contributed by atoms with E-state index in [-0.39, 0.29) is 23.4 Å². The van der Waals surface area contributed by atoms with Crippen LogP contribution < -0.4 is 5.56 Å². The molecule has 1 N–H and O–H groups in total. The van der Waals surface area contributed by atoms with E-state index in [4.69, 9.17) is 0 Å². The maximum absolute atomic E-state index is 13.5. The van der Waals surface area contributed by atoms with Gasteiger partial charge in [-0.1, -0.05) is 0 Å². The second kappa shape index (κ2) is 7.86. The smallest absolute Gasteiger partial charge is 0.263 e. The SMILES string of the molecule is O=C(c1c2c(cn(C3CC3)c1=O)CN(C(=O)c1c[nH]c3cccnc13)CC2)N1CCCCC1. The Bertz CT molecular complexity index is 1310. The quantitative estimate of drug-likeness (QED) is 0.671. The molecule has 8 heteroatoms. The van der Waals surface area contributed by atoms with Gasteiger partial charge in [-0.25, -0.2) is 0 Å². The number of likely N-dealkylation sites (tertiary alicyclic amines) is 1. The van der Waals surface area contributed by atoms with Gasteiger partial charge >= 0.3 is 0 Å². The summed E-state index contributed by atoms with van der Waals surface area (Å²) in [6.07, 6.45) is 10.8. The maximum Gasteiger partial charge on any atom is 0.263 e. The van der Waals surface area contributed by atoms with Crippen LogP contribution in [-0.2, 0) is 13.0 Å². The number of nitrogens with zero attached hydrogens (tertiary/aromatic N) is 4. The second-order valence-corrected chi connectivity index (χ2v) is 9.38. The Hall–Kier alpha value is -3.42. The topological polar surface area (TPSA) is 91.3 Å². The molecule has 1 saturated heterocycles. The lowest BCUT2D eigenvalue weighted by molar-refractivity contribution is 0.0716. The highest BCUT2D eigenvalue weighted by Gasteiger charge is 2.34. The van der Waals surface area contributed by atoms with Crippen molar-refractivity contribution in [2.75, 3.05) is 19.6 Å². The van der Waals surface area contributed by atoms with Crippen molar-refractivity contribution in [2.45, 2.75) is 51.1 Å². The molecule has 33 heavy (non-hydrogen) atoms. The molecule has 0 atom stereocenters. The molecule has 1 aliphatic carbocycles. The van der Waals surface area contributed by atoms with Crippen molar-refractivity contribution in [1.29, 1.82) is 0 Å². The zero-order valence-corrected chi connectivity index (χ0v) is 18.5. The average Bonchev–Trinajstić information content (AvgIpc) is 3.61. The van der Waals surface area contributed by atoms with E-state index in [0.29, 0.717) is 49.2 Å². The van der Waals surface area contributed by atoms with Gasteiger partial charge in [-0.2, -0.15) is 0 Å². The number of aromatic nitrogens is 3. The van der Waals surface area contributed by atoms with Crippen molar-refractivity contribution in [1.82, 2.24) is 24.3 Å². The van der Waals surface area contributed by atoms with Crippen LogP contribution in [0.3, 0.4) is 0 Å². The van der Waals surface area contributed by atoms with Gasteiger partial charge in [0, 0.05) is 50.8 Å². The summed E-state index contributed by atoms with van der Waals surface area (Å²) in [7, 11) is 0. The third-order valence-electron chi connectivity index (χ3n) is 7.18. The van der Waals surface area contributed by atoms with Crippen molar-refractivity contribution >= 4 is 22.8 Å². The Kier molecular flexibility index (Phi) is 4.81. The molecule has 0 unspecified atom stereocenters. The maximum atomic E-state index is 13.5. The van der Waals surface area contributed by atoms with E-state index < -0.39 is 0 Å². The third-order valence-corrected chi connectivity index (χ3v) is 7.18. The van der Waals surface area contributed by atoms with Crippen LogP contribution in [0.25, 0.3) is 11.0 Å². The second-order valence-electron chi connectivity index (χ2n) is 9.38. The van der Waals surface area contributed by atoms with Gasteiger partial charge in [-0.3, -0.25) is 19.4 Å². The van der Waals surface area contributed by atoms with Gasteiger partial charge in [0.05, 0.1) is 11.1 Å². The monoisotopic (exact) mass is 445 g/mol. The summed E-state index contributed by atoms with van der Waals surface area (Å²) in [5.74, 6) is -0.217. The summed E-state index contributed by atoms with van der Waals surface area (Å²) >= 11 is 0. The van der Waals surface area contributed by atoms with Gasteiger partial charge < -0.3 is 19.4 Å². The molecule has 0 bridgehead atoms. The Morgan fingerprint density at radius 2 is 1.85 bits per heavy atom. The minimum absolute atomic E-state index is 0.0846. The largest absolute Gasteiger partial charge is 0.359 e. The Labute approximate surface area is 191 Å². The first kappa shape index (κ1) is 20.2. The van der Waals surface area contributed by atoms with Crippen LogP contribution in [0.2, 0.25) is 0 Å². The number of hydrogen-bond acceptors (Lipinski definition) is 4. The number of amides is 2. The first-order valence-electron chi connectivity index (χ1n) is 11.9. The van der Waals surface area contributed by atoms with E-state index >= 15 is 0 Å². The zero-order valence-electron chi connectivity index (χ0n) is 18.5. The molecule has 2 aliphatic heterocycles. The summed E-state index contributed by atoms with van der Waals surface area (Å²) < 4.78 is 1.75. The van der Waals surface area contributed by atoms with Crippen LogP contribution >= 0.6 is 0 Å². The van der Waals surface area contributed by atoms with Gasteiger partial charge in [0.25, 0.3) is 17.4 Å². The fraction of sp³-hybridized carbons (Fsp3) is 0.440. The predicted molar refractivity (Wildman–Crippen MR) is 123 cm³/mol. The first-order chi connectivity index (χ1) is 16.1. The number of piperidine rings is 1. The highest BCUT2D eigenvalue weighted by molar-refractivity contribution is 6.05. The highest BCUT2D eigenvalue weighted by atomic mass is 16.2. The van der Waals surface area contributed by atoms with Crippen molar-refractivity contribution in [3.8, 4) is 0 Å². The molecule has 2 fully saturated rings. The van der Waals surface area contributed by atoms with Crippen molar-refractivity contribution < 1.29 is 9.59 Å². The van der Waals surface area contributed by atoms with Gasteiger partial charge in [0.1, 0.15) is 11.1 Å². The lowest BCUT2D eigenvalue weighted by Crippen LogP contribution is -2.43. The Morgan fingerprint density at radius 1 is 1.03 bits per heavy atom. The molecule has 0 radical (unpaired) electrons. The summed E-state index contributed by atoms with van der Waals surface area (Å²) in [6.45, 7) is 2.28. The molecule has 2 amide bonds. The Morgan fingerprint density at radius 3 is 2.64 bits per heavy atom. The molecular weight excluding hydrogens is 418 g/mol. The fourth-order valence-corrected chi connectivity index (χ4v) is 5.24. The van der Waals surface area contributed by atoms with E-state index in [2.05, 4.69) is 9.97 Å². The lowest BCUT2D eigenvalue weighted by atomic mass is 9.94. The molecule has 0 spiro atoms. The van der Waals surface area contributed by atoms with Crippen LogP contribution in [0.4, 0.5) is 0 Å². The number of aromatic amines is 1. The molecular formula is C25H27N5O3. The Balaban J connectivity index is 1.36. The molecule has 1 saturated carbocycles. The molecule has 3 aromatic heterocycles. The average molecular weight is 446 g/mol. The number of rotatable bonds is 3. The number of hydrogen-bond donors (Lipinski definition) is 1. The number of carbonyl (C=O) groups is 2. The van der Waals surface area contributed by atoms with Gasteiger partial charge in [-0.05, 0) is 61.8 Å². The third kappa shape index (κ3) is 3.44. The van der Waals surface area contributed by atoms with Gasteiger partial charge in [0.2, 0.25) is 0 Å². The zero-order chi connectivity index (χ0) is 22.5. The molecule has 3 aliphatic rings. The lowest BCUT2D eigenvalue weighted by Gasteiger charge is -2.32. The number of pyridine rings is 2. The number of H-pyrrole nitrogens is 1. The van der Waals surface area contributed by atoms with Crippen LogP contribution in [0, 0.1) is 0 Å². The van der Waals surface area contributed by atoms with E-state index in [1.54, 1.807) is 21.9 Å². The van der Waals surface area contributed by atoms with E-state index in [1.165, 1.54) is 0 Å². The van der Waals surface area contributed by atoms with Crippen molar-refractivity contribution in [3.05, 3.63) is 63.3 Å². The van der Waals surface area contributed by atoms with Crippen LogP contribution in [0.1, 0.15) is 70.0 Å².